The van der Waals surface area contributed by atoms with Crippen LogP contribution in [0, 0.1) is 5.92 Å². The van der Waals surface area contributed by atoms with Crippen molar-refractivity contribution >= 4 is 17.4 Å². The normalized spacial score (nSPS) is 15.9. The zero-order chi connectivity index (χ0) is 12.8. The van der Waals surface area contributed by atoms with E-state index in [2.05, 4.69) is 15.3 Å². The van der Waals surface area contributed by atoms with Crippen LogP contribution in [0.15, 0.2) is 6.20 Å². The number of hydrogen-bond acceptors (Lipinski definition) is 4. The highest BCUT2D eigenvalue weighted by Gasteiger charge is 2.14. The molecule has 0 unspecified atom stereocenters. The topological polar surface area (TPSA) is 47.0 Å². The summed E-state index contributed by atoms with van der Waals surface area (Å²) in [5.41, 5.74) is 0. The molecule has 0 saturated heterocycles. The van der Waals surface area contributed by atoms with E-state index in [4.69, 9.17) is 16.3 Å². The maximum Gasteiger partial charge on any atom is 0.318 e. The Kier molecular flexibility index (Phi) is 5.05. The minimum atomic E-state index is 0.345. The zero-order valence-electron chi connectivity index (χ0n) is 10.8. The summed E-state index contributed by atoms with van der Waals surface area (Å²) < 4.78 is 4.98. The lowest BCUT2D eigenvalue weighted by Gasteiger charge is -2.10. The quantitative estimate of drug-likeness (QED) is 0.803. The van der Waals surface area contributed by atoms with Crippen LogP contribution in [-0.2, 0) is 0 Å². The Morgan fingerprint density at radius 1 is 1.44 bits per heavy atom. The minimum Gasteiger partial charge on any atom is -0.467 e. The van der Waals surface area contributed by atoms with Crippen LogP contribution in [-0.4, -0.2) is 23.6 Å². The van der Waals surface area contributed by atoms with Gasteiger partial charge in [-0.2, -0.15) is 4.98 Å². The second kappa shape index (κ2) is 6.78. The van der Waals surface area contributed by atoms with Crippen molar-refractivity contribution in [3.8, 4) is 6.01 Å². The highest BCUT2D eigenvalue weighted by molar-refractivity contribution is 6.32. The van der Waals surface area contributed by atoms with E-state index >= 15 is 0 Å². The van der Waals surface area contributed by atoms with Crippen LogP contribution in [0.3, 0.4) is 0 Å². The molecular formula is C13H20ClN3O. The lowest BCUT2D eigenvalue weighted by Crippen LogP contribution is -2.07. The molecule has 0 bridgehead atoms. The Balaban J connectivity index is 1.75. The SMILES string of the molecule is COc1ncc(Cl)c(NCCCC2CCCC2)n1. The van der Waals surface area contributed by atoms with Crippen molar-refractivity contribution in [2.45, 2.75) is 38.5 Å². The van der Waals surface area contributed by atoms with E-state index < -0.39 is 0 Å². The standard InChI is InChI=1S/C13H20ClN3O/c1-18-13-16-9-11(14)12(17-13)15-8-4-7-10-5-2-3-6-10/h9-10H,2-8H2,1H3,(H,15,16,17). The van der Waals surface area contributed by atoms with Gasteiger partial charge in [0.05, 0.1) is 13.3 Å². The molecule has 100 valence electrons. The minimum absolute atomic E-state index is 0.345. The van der Waals surface area contributed by atoms with Gasteiger partial charge in [0.15, 0.2) is 5.82 Å². The summed E-state index contributed by atoms with van der Waals surface area (Å²) >= 11 is 6.02. The van der Waals surface area contributed by atoms with Gasteiger partial charge in [-0.3, -0.25) is 0 Å². The zero-order valence-corrected chi connectivity index (χ0v) is 11.5. The molecule has 1 aliphatic rings. The van der Waals surface area contributed by atoms with Crippen molar-refractivity contribution in [2.75, 3.05) is 19.0 Å². The number of nitrogens with one attached hydrogen (secondary N) is 1. The second-order valence-electron chi connectivity index (χ2n) is 4.77. The van der Waals surface area contributed by atoms with E-state index in [1.165, 1.54) is 32.1 Å². The molecule has 1 aliphatic carbocycles. The van der Waals surface area contributed by atoms with Crippen molar-refractivity contribution in [3.63, 3.8) is 0 Å². The Labute approximate surface area is 113 Å². The Hall–Kier alpha value is -1.03. The van der Waals surface area contributed by atoms with Gasteiger partial charge in [0, 0.05) is 6.54 Å². The number of hydrogen-bond donors (Lipinski definition) is 1. The fourth-order valence-electron chi connectivity index (χ4n) is 2.47. The monoisotopic (exact) mass is 269 g/mol. The van der Waals surface area contributed by atoms with Crippen LogP contribution in [0.2, 0.25) is 5.02 Å². The lowest BCUT2D eigenvalue weighted by molar-refractivity contribution is 0.380. The molecule has 2 rings (SSSR count). The maximum absolute atomic E-state index is 6.02. The molecule has 0 amide bonds. The van der Waals surface area contributed by atoms with Crippen molar-refractivity contribution in [1.82, 2.24) is 9.97 Å². The summed E-state index contributed by atoms with van der Waals surface area (Å²) in [6.45, 7) is 0.899. The van der Waals surface area contributed by atoms with E-state index in [1.54, 1.807) is 13.3 Å². The molecule has 1 aromatic rings. The van der Waals surface area contributed by atoms with Gasteiger partial charge in [0.2, 0.25) is 0 Å². The van der Waals surface area contributed by atoms with Gasteiger partial charge in [0.25, 0.3) is 0 Å². The molecular weight excluding hydrogens is 250 g/mol. The molecule has 4 nitrogen and oxygen atoms in total. The van der Waals surface area contributed by atoms with E-state index in [-0.39, 0.29) is 0 Å². The first kappa shape index (κ1) is 13.4. The third-order valence-electron chi connectivity index (χ3n) is 3.46. The van der Waals surface area contributed by atoms with Crippen molar-refractivity contribution in [1.29, 1.82) is 0 Å². The molecule has 1 heterocycles. The number of rotatable bonds is 6. The van der Waals surface area contributed by atoms with Crippen LogP contribution in [0.25, 0.3) is 0 Å². The molecule has 0 atom stereocenters. The molecule has 1 aromatic heterocycles. The molecule has 0 radical (unpaired) electrons. The van der Waals surface area contributed by atoms with E-state index in [9.17, 15) is 0 Å². The predicted molar refractivity (Wildman–Crippen MR) is 73.3 cm³/mol. The molecule has 0 spiro atoms. The Morgan fingerprint density at radius 2 is 2.22 bits per heavy atom. The van der Waals surface area contributed by atoms with Gasteiger partial charge in [-0.1, -0.05) is 37.3 Å². The van der Waals surface area contributed by atoms with Crippen LogP contribution in [0.5, 0.6) is 6.01 Å². The lowest BCUT2D eigenvalue weighted by atomic mass is 10.0. The fraction of sp³-hybridized carbons (Fsp3) is 0.692. The summed E-state index contributed by atoms with van der Waals surface area (Å²) in [7, 11) is 1.55. The van der Waals surface area contributed by atoms with Crippen molar-refractivity contribution in [2.24, 2.45) is 5.92 Å². The van der Waals surface area contributed by atoms with Crippen molar-refractivity contribution < 1.29 is 4.74 Å². The number of anilines is 1. The van der Waals surface area contributed by atoms with Crippen LogP contribution < -0.4 is 10.1 Å². The second-order valence-corrected chi connectivity index (χ2v) is 5.18. The van der Waals surface area contributed by atoms with Gasteiger partial charge < -0.3 is 10.1 Å². The molecule has 0 aliphatic heterocycles. The molecule has 18 heavy (non-hydrogen) atoms. The van der Waals surface area contributed by atoms with Gasteiger partial charge >= 0.3 is 6.01 Å². The van der Waals surface area contributed by atoms with Gasteiger partial charge in [-0.05, 0) is 18.8 Å². The summed E-state index contributed by atoms with van der Waals surface area (Å²) in [5, 5.41) is 3.79. The highest BCUT2D eigenvalue weighted by Crippen LogP contribution is 2.28. The highest BCUT2D eigenvalue weighted by atomic mass is 35.5. The number of ether oxygens (including phenoxy) is 1. The number of halogens is 1. The Bertz CT molecular complexity index is 380. The van der Waals surface area contributed by atoms with E-state index in [1.807, 2.05) is 0 Å². The van der Waals surface area contributed by atoms with E-state index in [0.29, 0.717) is 16.9 Å². The summed E-state index contributed by atoms with van der Waals surface area (Å²) in [5.74, 6) is 1.59. The molecule has 1 fully saturated rings. The number of nitrogens with zero attached hydrogens (tertiary/aromatic N) is 2. The average molecular weight is 270 g/mol. The van der Waals surface area contributed by atoms with Gasteiger partial charge in [-0.25, -0.2) is 4.98 Å². The number of methoxy groups -OCH3 is 1. The molecule has 0 aromatic carbocycles. The predicted octanol–water partition coefficient (Wildman–Crippen LogP) is 3.52. The molecule has 1 saturated carbocycles. The first-order valence-corrected chi connectivity index (χ1v) is 6.98. The Morgan fingerprint density at radius 3 is 2.94 bits per heavy atom. The third kappa shape index (κ3) is 3.73. The number of aromatic nitrogens is 2. The first-order valence-electron chi connectivity index (χ1n) is 6.60. The smallest absolute Gasteiger partial charge is 0.318 e. The van der Waals surface area contributed by atoms with Crippen LogP contribution >= 0.6 is 11.6 Å². The third-order valence-corrected chi connectivity index (χ3v) is 3.74. The fourth-order valence-corrected chi connectivity index (χ4v) is 2.63. The van der Waals surface area contributed by atoms with Gasteiger partial charge in [-0.15, -0.1) is 0 Å². The van der Waals surface area contributed by atoms with Crippen LogP contribution in [0.4, 0.5) is 5.82 Å². The largest absolute Gasteiger partial charge is 0.467 e. The summed E-state index contributed by atoms with van der Waals surface area (Å²) in [6.07, 6.45) is 9.65. The van der Waals surface area contributed by atoms with Gasteiger partial charge in [0.1, 0.15) is 5.02 Å². The molecule has 1 N–H and O–H groups in total. The van der Waals surface area contributed by atoms with Crippen molar-refractivity contribution in [3.05, 3.63) is 11.2 Å². The summed E-state index contributed by atoms with van der Waals surface area (Å²) in [6, 6.07) is 0.345. The van der Waals surface area contributed by atoms with E-state index in [0.717, 1.165) is 18.9 Å². The summed E-state index contributed by atoms with van der Waals surface area (Å²) in [4.78, 5) is 8.13. The van der Waals surface area contributed by atoms with Crippen LogP contribution in [0.1, 0.15) is 38.5 Å². The maximum atomic E-state index is 6.02. The molecule has 5 heteroatoms. The first-order chi connectivity index (χ1) is 8.79. The average Bonchev–Trinajstić information content (AvgIpc) is 2.89.